The molecule has 1 aromatic carbocycles. The number of benzene rings is 1. The quantitative estimate of drug-likeness (QED) is 0.889. The summed E-state index contributed by atoms with van der Waals surface area (Å²) in [4.78, 5) is 2.38. The molecule has 1 aliphatic rings. The lowest BCUT2D eigenvalue weighted by Crippen LogP contribution is -2.24. The Hall–Kier alpha value is -1.85. The molecular weight excluding hydrogens is 278 g/mol. The molecule has 1 fully saturated rings. The van der Waals surface area contributed by atoms with Crippen LogP contribution in [0, 0.1) is 5.92 Å². The molecule has 2 heterocycles. The minimum atomic E-state index is -0.226. The maximum atomic E-state index is 9.72. The topological polar surface area (TPSA) is 61.4 Å². The van der Waals surface area contributed by atoms with Crippen LogP contribution in [-0.4, -0.2) is 46.5 Å². The fourth-order valence-corrected chi connectivity index (χ4v) is 3.08. The van der Waals surface area contributed by atoms with Gasteiger partial charge in [0.25, 0.3) is 0 Å². The minimum absolute atomic E-state index is 0.226. The lowest BCUT2D eigenvalue weighted by atomic mass is 10.0. The number of nitrogens with one attached hydrogen (secondary N) is 1. The highest BCUT2D eigenvalue weighted by molar-refractivity contribution is 5.63. The number of aliphatic hydroxyl groups excluding tert-OH is 1. The first-order chi connectivity index (χ1) is 10.7. The average molecular weight is 301 g/mol. The van der Waals surface area contributed by atoms with E-state index in [9.17, 15) is 5.11 Å². The van der Waals surface area contributed by atoms with Crippen molar-refractivity contribution >= 4 is 0 Å². The van der Waals surface area contributed by atoms with E-state index < -0.39 is 0 Å². The van der Waals surface area contributed by atoms with Crippen molar-refractivity contribution in [3.63, 3.8) is 0 Å². The van der Waals surface area contributed by atoms with Gasteiger partial charge in [-0.05, 0) is 50.1 Å². The van der Waals surface area contributed by atoms with E-state index in [-0.39, 0.29) is 6.10 Å². The van der Waals surface area contributed by atoms with Crippen molar-refractivity contribution < 1.29 is 9.84 Å². The largest absolute Gasteiger partial charge is 0.497 e. The fourth-order valence-electron chi connectivity index (χ4n) is 3.08. The van der Waals surface area contributed by atoms with Crippen LogP contribution in [-0.2, 0) is 6.54 Å². The monoisotopic (exact) mass is 301 g/mol. The third-order valence-corrected chi connectivity index (χ3v) is 4.48. The molecule has 0 saturated carbocycles. The Kier molecular flexibility index (Phi) is 4.45. The van der Waals surface area contributed by atoms with Gasteiger partial charge in [0.05, 0.1) is 25.1 Å². The number of aliphatic hydroxyl groups is 1. The average Bonchev–Trinajstić information content (AvgIpc) is 3.17. The number of ether oxygens (including phenoxy) is 1. The van der Waals surface area contributed by atoms with Gasteiger partial charge in [-0.2, -0.15) is 5.10 Å². The molecule has 2 unspecified atom stereocenters. The number of hydrogen-bond acceptors (Lipinski definition) is 4. The first kappa shape index (κ1) is 15.1. The summed E-state index contributed by atoms with van der Waals surface area (Å²) in [6.45, 7) is 4.73. The van der Waals surface area contributed by atoms with Crippen molar-refractivity contribution in [2.24, 2.45) is 5.92 Å². The first-order valence-electron chi connectivity index (χ1n) is 7.74. The van der Waals surface area contributed by atoms with Gasteiger partial charge in [-0.3, -0.25) is 10.00 Å². The predicted molar refractivity (Wildman–Crippen MR) is 85.6 cm³/mol. The SMILES string of the molecule is COc1ccc(-c2[nH]ncc2CN2CCC(C(C)O)C2)cc1. The zero-order valence-corrected chi connectivity index (χ0v) is 13.1. The van der Waals surface area contributed by atoms with Crippen molar-refractivity contribution in [2.45, 2.75) is 26.0 Å². The van der Waals surface area contributed by atoms with Crippen LogP contribution in [0.4, 0.5) is 0 Å². The van der Waals surface area contributed by atoms with Crippen LogP contribution in [0.2, 0.25) is 0 Å². The molecule has 0 aliphatic carbocycles. The Morgan fingerprint density at radius 1 is 1.41 bits per heavy atom. The molecule has 1 aliphatic heterocycles. The van der Waals surface area contributed by atoms with E-state index in [2.05, 4.69) is 15.1 Å². The number of aromatic amines is 1. The van der Waals surface area contributed by atoms with Gasteiger partial charge in [0, 0.05) is 24.2 Å². The van der Waals surface area contributed by atoms with E-state index in [0.717, 1.165) is 43.1 Å². The molecule has 22 heavy (non-hydrogen) atoms. The van der Waals surface area contributed by atoms with Crippen molar-refractivity contribution in [2.75, 3.05) is 20.2 Å². The summed E-state index contributed by atoms with van der Waals surface area (Å²) >= 11 is 0. The van der Waals surface area contributed by atoms with Gasteiger partial charge in [-0.15, -0.1) is 0 Å². The van der Waals surface area contributed by atoms with Gasteiger partial charge in [-0.25, -0.2) is 0 Å². The van der Waals surface area contributed by atoms with Crippen LogP contribution < -0.4 is 4.74 Å². The van der Waals surface area contributed by atoms with Crippen LogP contribution in [0.1, 0.15) is 18.9 Å². The second-order valence-corrected chi connectivity index (χ2v) is 6.02. The first-order valence-corrected chi connectivity index (χ1v) is 7.74. The molecule has 2 N–H and O–H groups in total. The van der Waals surface area contributed by atoms with E-state index >= 15 is 0 Å². The molecule has 0 amide bonds. The minimum Gasteiger partial charge on any atom is -0.497 e. The van der Waals surface area contributed by atoms with Gasteiger partial charge in [0.15, 0.2) is 0 Å². The van der Waals surface area contributed by atoms with Gasteiger partial charge >= 0.3 is 0 Å². The van der Waals surface area contributed by atoms with Crippen LogP contribution in [0.25, 0.3) is 11.3 Å². The summed E-state index contributed by atoms with van der Waals surface area (Å²) in [6.07, 6.45) is 2.73. The summed E-state index contributed by atoms with van der Waals surface area (Å²) in [7, 11) is 1.67. The molecular formula is C17H23N3O2. The van der Waals surface area contributed by atoms with Gasteiger partial charge in [-0.1, -0.05) is 0 Å². The molecule has 1 saturated heterocycles. The molecule has 0 spiro atoms. The van der Waals surface area contributed by atoms with Gasteiger partial charge in [0.2, 0.25) is 0 Å². The Bertz CT molecular complexity index is 607. The lowest BCUT2D eigenvalue weighted by Gasteiger charge is -2.17. The van der Waals surface area contributed by atoms with Crippen molar-refractivity contribution in [1.29, 1.82) is 0 Å². The van der Waals surface area contributed by atoms with Crippen LogP contribution in [0.5, 0.6) is 5.75 Å². The molecule has 0 bridgehead atoms. The van der Waals surface area contributed by atoms with E-state index in [4.69, 9.17) is 4.74 Å². The van der Waals surface area contributed by atoms with Crippen LogP contribution in [0.3, 0.4) is 0 Å². The summed E-state index contributed by atoms with van der Waals surface area (Å²) in [6, 6.07) is 8.00. The van der Waals surface area contributed by atoms with Crippen LogP contribution in [0.15, 0.2) is 30.5 Å². The molecule has 0 radical (unpaired) electrons. The summed E-state index contributed by atoms with van der Waals surface area (Å²) in [5.41, 5.74) is 3.36. The normalized spacial score (nSPS) is 20.2. The number of rotatable bonds is 5. The molecule has 1 aromatic heterocycles. The Morgan fingerprint density at radius 3 is 2.82 bits per heavy atom. The molecule has 5 nitrogen and oxygen atoms in total. The standard InChI is InChI=1S/C17H23N3O2/c1-12(21)14-7-8-20(10-14)11-15-9-18-19-17(15)13-3-5-16(22-2)6-4-13/h3-6,9,12,14,21H,7-8,10-11H2,1-2H3,(H,18,19). The smallest absolute Gasteiger partial charge is 0.118 e. The lowest BCUT2D eigenvalue weighted by molar-refractivity contribution is 0.127. The van der Waals surface area contributed by atoms with E-state index in [1.54, 1.807) is 7.11 Å². The van der Waals surface area contributed by atoms with E-state index in [1.165, 1.54) is 5.56 Å². The van der Waals surface area contributed by atoms with Crippen LogP contribution >= 0.6 is 0 Å². The molecule has 2 atom stereocenters. The second kappa shape index (κ2) is 6.50. The maximum absolute atomic E-state index is 9.72. The number of likely N-dealkylation sites (tertiary alicyclic amines) is 1. The number of methoxy groups -OCH3 is 1. The number of H-pyrrole nitrogens is 1. The highest BCUT2D eigenvalue weighted by Gasteiger charge is 2.26. The molecule has 118 valence electrons. The number of hydrogen-bond donors (Lipinski definition) is 2. The summed E-state index contributed by atoms with van der Waals surface area (Å²) in [5, 5.41) is 17.0. The number of aromatic nitrogens is 2. The van der Waals surface area contributed by atoms with Gasteiger partial charge in [0.1, 0.15) is 5.75 Å². The summed E-state index contributed by atoms with van der Waals surface area (Å²) < 4.78 is 5.20. The van der Waals surface area contributed by atoms with Crippen molar-refractivity contribution in [3.8, 4) is 17.0 Å². The fraction of sp³-hybridized carbons (Fsp3) is 0.471. The Balaban J connectivity index is 1.72. The zero-order chi connectivity index (χ0) is 15.5. The predicted octanol–water partition coefficient (Wildman–Crippen LogP) is 2.29. The Morgan fingerprint density at radius 2 is 2.18 bits per heavy atom. The second-order valence-electron chi connectivity index (χ2n) is 6.02. The summed E-state index contributed by atoms with van der Waals surface area (Å²) in [5.74, 6) is 1.24. The Labute approximate surface area is 130 Å². The van der Waals surface area contributed by atoms with Gasteiger partial charge < -0.3 is 9.84 Å². The number of nitrogens with zero attached hydrogens (tertiary/aromatic N) is 2. The van der Waals surface area contributed by atoms with E-state index in [0.29, 0.717) is 5.92 Å². The van der Waals surface area contributed by atoms with Crippen molar-refractivity contribution in [3.05, 3.63) is 36.0 Å². The maximum Gasteiger partial charge on any atom is 0.118 e. The van der Waals surface area contributed by atoms with E-state index in [1.807, 2.05) is 37.4 Å². The molecule has 2 aromatic rings. The third kappa shape index (κ3) is 3.15. The molecule has 3 rings (SSSR count). The zero-order valence-electron chi connectivity index (χ0n) is 13.1. The van der Waals surface area contributed by atoms with Crippen molar-refractivity contribution in [1.82, 2.24) is 15.1 Å². The molecule has 5 heteroatoms. The highest BCUT2D eigenvalue weighted by Crippen LogP contribution is 2.27. The highest BCUT2D eigenvalue weighted by atomic mass is 16.5. The third-order valence-electron chi connectivity index (χ3n) is 4.48.